The molecule has 0 fully saturated rings. The van der Waals surface area contributed by atoms with Crippen LogP contribution >= 0.6 is 11.3 Å². The van der Waals surface area contributed by atoms with Crippen LogP contribution < -0.4 is 10.1 Å². The van der Waals surface area contributed by atoms with Crippen molar-refractivity contribution in [2.24, 2.45) is 0 Å². The summed E-state index contributed by atoms with van der Waals surface area (Å²) in [4.78, 5) is 16.0. The predicted octanol–water partition coefficient (Wildman–Crippen LogP) is 2.52. The number of nitrogens with zero attached hydrogens (tertiary/aromatic N) is 1. The zero-order valence-corrected chi connectivity index (χ0v) is 11.3. The molecule has 0 saturated carbocycles. The zero-order valence-electron chi connectivity index (χ0n) is 10.4. The van der Waals surface area contributed by atoms with Gasteiger partial charge in [0.1, 0.15) is 11.3 Å². The Bertz CT molecular complexity index is 580. The highest BCUT2D eigenvalue weighted by Crippen LogP contribution is 2.32. The van der Waals surface area contributed by atoms with E-state index in [9.17, 15) is 4.79 Å². The summed E-state index contributed by atoms with van der Waals surface area (Å²) in [5, 5.41) is 3.98. The smallest absolute Gasteiger partial charge is 0.341 e. The Balaban J connectivity index is 2.54. The standard InChI is InChI=1S/C12H14N2O3S/c1-4-13-12-14-8-6-9(16-2)7(11(15)17-3)5-10(8)18-12/h5-6H,4H2,1-3H3,(H,13,14). The van der Waals surface area contributed by atoms with Gasteiger partial charge < -0.3 is 14.8 Å². The van der Waals surface area contributed by atoms with Crippen molar-refractivity contribution in [1.29, 1.82) is 0 Å². The molecule has 1 heterocycles. The number of fused-ring (bicyclic) bond motifs is 1. The van der Waals surface area contributed by atoms with Crippen LogP contribution in [0.1, 0.15) is 17.3 Å². The molecule has 2 aromatic rings. The van der Waals surface area contributed by atoms with Crippen LogP contribution in [0.4, 0.5) is 5.13 Å². The van der Waals surface area contributed by atoms with Gasteiger partial charge in [0.25, 0.3) is 0 Å². The second-order valence-corrected chi connectivity index (χ2v) is 4.59. The normalized spacial score (nSPS) is 10.4. The van der Waals surface area contributed by atoms with Crippen LogP contribution in [0.25, 0.3) is 10.2 Å². The van der Waals surface area contributed by atoms with Crippen molar-refractivity contribution in [3.63, 3.8) is 0 Å². The minimum Gasteiger partial charge on any atom is -0.496 e. The Morgan fingerprint density at radius 3 is 2.83 bits per heavy atom. The molecule has 0 saturated heterocycles. The van der Waals surface area contributed by atoms with Crippen molar-refractivity contribution in [3.05, 3.63) is 17.7 Å². The van der Waals surface area contributed by atoms with E-state index < -0.39 is 5.97 Å². The summed E-state index contributed by atoms with van der Waals surface area (Å²) in [6.45, 7) is 2.81. The number of anilines is 1. The van der Waals surface area contributed by atoms with Gasteiger partial charge >= 0.3 is 5.97 Å². The molecule has 0 unspecified atom stereocenters. The van der Waals surface area contributed by atoms with Crippen molar-refractivity contribution in [2.45, 2.75) is 6.92 Å². The number of ether oxygens (including phenoxy) is 2. The maximum atomic E-state index is 11.6. The van der Waals surface area contributed by atoms with Gasteiger partial charge in [0.2, 0.25) is 0 Å². The number of carbonyl (C=O) groups excluding carboxylic acids is 1. The number of rotatable bonds is 4. The number of aromatic nitrogens is 1. The van der Waals surface area contributed by atoms with E-state index in [1.54, 1.807) is 12.1 Å². The fraction of sp³-hybridized carbons (Fsp3) is 0.333. The fourth-order valence-electron chi connectivity index (χ4n) is 1.62. The average Bonchev–Trinajstić information content (AvgIpc) is 2.77. The second kappa shape index (κ2) is 5.22. The number of benzene rings is 1. The number of hydrogen-bond donors (Lipinski definition) is 1. The number of hydrogen-bond acceptors (Lipinski definition) is 6. The molecule has 0 aliphatic carbocycles. The largest absolute Gasteiger partial charge is 0.496 e. The highest BCUT2D eigenvalue weighted by Gasteiger charge is 2.16. The van der Waals surface area contributed by atoms with Crippen LogP contribution in [0.3, 0.4) is 0 Å². The monoisotopic (exact) mass is 266 g/mol. The topological polar surface area (TPSA) is 60.5 Å². The number of thiazole rings is 1. The first kappa shape index (κ1) is 12.6. The van der Waals surface area contributed by atoms with Gasteiger partial charge in [-0.2, -0.15) is 0 Å². The van der Waals surface area contributed by atoms with Gasteiger partial charge in [0.15, 0.2) is 5.13 Å². The molecule has 1 aromatic carbocycles. The van der Waals surface area contributed by atoms with Gasteiger partial charge in [-0.3, -0.25) is 0 Å². The molecule has 0 radical (unpaired) electrons. The molecule has 0 bridgehead atoms. The van der Waals surface area contributed by atoms with E-state index in [0.717, 1.165) is 21.9 Å². The first-order chi connectivity index (χ1) is 8.69. The number of carbonyl (C=O) groups is 1. The lowest BCUT2D eigenvalue weighted by Crippen LogP contribution is -2.03. The summed E-state index contributed by atoms with van der Waals surface area (Å²) in [6, 6.07) is 3.50. The van der Waals surface area contributed by atoms with Crippen LogP contribution in [0, 0.1) is 0 Å². The Labute approximate surface area is 109 Å². The summed E-state index contributed by atoms with van der Waals surface area (Å²) >= 11 is 1.50. The van der Waals surface area contributed by atoms with Crippen molar-refractivity contribution in [1.82, 2.24) is 4.98 Å². The zero-order chi connectivity index (χ0) is 13.1. The van der Waals surface area contributed by atoms with Crippen LogP contribution in [0.2, 0.25) is 0 Å². The SMILES string of the molecule is CCNc1nc2cc(OC)c(C(=O)OC)cc2s1. The molecule has 1 N–H and O–H groups in total. The summed E-state index contributed by atoms with van der Waals surface area (Å²) in [5.41, 5.74) is 1.22. The minimum absolute atomic E-state index is 0.410. The number of methoxy groups -OCH3 is 2. The third-order valence-electron chi connectivity index (χ3n) is 2.44. The Morgan fingerprint density at radius 2 is 2.22 bits per heavy atom. The lowest BCUT2D eigenvalue weighted by Gasteiger charge is -2.05. The third-order valence-corrected chi connectivity index (χ3v) is 3.42. The molecule has 6 heteroatoms. The highest BCUT2D eigenvalue weighted by molar-refractivity contribution is 7.22. The first-order valence-corrected chi connectivity index (χ1v) is 6.32. The molecule has 5 nitrogen and oxygen atoms in total. The van der Waals surface area contributed by atoms with Crippen LogP contribution in [0.15, 0.2) is 12.1 Å². The Morgan fingerprint density at radius 1 is 1.44 bits per heavy atom. The number of nitrogens with one attached hydrogen (secondary N) is 1. The highest BCUT2D eigenvalue weighted by atomic mass is 32.1. The maximum absolute atomic E-state index is 11.6. The van der Waals surface area contributed by atoms with Crippen molar-refractivity contribution in [2.75, 3.05) is 26.1 Å². The Kier molecular flexibility index (Phi) is 3.66. The molecule has 1 aromatic heterocycles. The first-order valence-electron chi connectivity index (χ1n) is 5.50. The van der Waals surface area contributed by atoms with Crippen LogP contribution in [-0.2, 0) is 4.74 Å². The van der Waals surface area contributed by atoms with E-state index in [2.05, 4.69) is 10.3 Å². The van der Waals surface area contributed by atoms with Crippen molar-refractivity contribution >= 4 is 32.7 Å². The molecular weight excluding hydrogens is 252 g/mol. The molecule has 0 aliphatic rings. The minimum atomic E-state index is -0.410. The summed E-state index contributed by atoms with van der Waals surface area (Å²) < 4.78 is 10.8. The molecule has 0 aliphatic heterocycles. The predicted molar refractivity (Wildman–Crippen MR) is 71.7 cm³/mol. The number of esters is 1. The average molecular weight is 266 g/mol. The van der Waals surface area contributed by atoms with Gasteiger partial charge in [-0.15, -0.1) is 0 Å². The molecule has 0 amide bonds. The Hall–Kier alpha value is -1.82. The van der Waals surface area contributed by atoms with Crippen molar-refractivity contribution in [3.8, 4) is 5.75 Å². The molecule has 2 rings (SSSR count). The van der Waals surface area contributed by atoms with Gasteiger partial charge in [-0.25, -0.2) is 9.78 Å². The van der Waals surface area contributed by atoms with Gasteiger partial charge in [0.05, 0.1) is 24.4 Å². The van der Waals surface area contributed by atoms with E-state index in [1.807, 2.05) is 6.92 Å². The van der Waals surface area contributed by atoms with E-state index in [0.29, 0.717) is 11.3 Å². The quantitative estimate of drug-likeness (QED) is 0.862. The van der Waals surface area contributed by atoms with E-state index >= 15 is 0 Å². The summed E-state index contributed by atoms with van der Waals surface area (Å²) in [6.07, 6.45) is 0. The van der Waals surface area contributed by atoms with Crippen LogP contribution in [0.5, 0.6) is 5.75 Å². The molecule has 18 heavy (non-hydrogen) atoms. The molecule has 0 atom stereocenters. The molecular formula is C12H14N2O3S. The van der Waals surface area contributed by atoms with Crippen molar-refractivity contribution < 1.29 is 14.3 Å². The second-order valence-electron chi connectivity index (χ2n) is 3.56. The maximum Gasteiger partial charge on any atom is 0.341 e. The summed E-state index contributed by atoms with van der Waals surface area (Å²) in [7, 11) is 2.87. The van der Waals surface area contributed by atoms with Gasteiger partial charge in [0, 0.05) is 12.6 Å². The third kappa shape index (κ3) is 2.24. The summed E-state index contributed by atoms with van der Waals surface area (Å²) in [5.74, 6) is 0.0647. The lowest BCUT2D eigenvalue weighted by atomic mass is 10.2. The van der Waals surface area contributed by atoms with Gasteiger partial charge in [-0.1, -0.05) is 11.3 Å². The van der Waals surface area contributed by atoms with E-state index in [-0.39, 0.29) is 0 Å². The van der Waals surface area contributed by atoms with Gasteiger partial charge in [-0.05, 0) is 13.0 Å². The lowest BCUT2D eigenvalue weighted by molar-refractivity contribution is 0.0597. The molecule has 96 valence electrons. The van der Waals surface area contributed by atoms with E-state index in [1.165, 1.54) is 25.6 Å². The van der Waals surface area contributed by atoms with Crippen LogP contribution in [-0.4, -0.2) is 31.7 Å². The fourth-order valence-corrected chi connectivity index (χ4v) is 2.57. The molecule has 0 spiro atoms. The van der Waals surface area contributed by atoms with E-state index in [4.69, 9.17) is 9.47 Å².